The molecule has 0 aliphatic heterocycles. The summed E-state index contributed by atoms with van der Waals surface area (Å²) in [5.74, 6) is -1.01. The highest BCUT2D eigenvalue weighted by Crippen LogP contribution is 2.11. The molecule has 0 rings (SSSR count). The first-order valence-corrected chi connectivity index (χ1v) is 20.6. The highest BCUT2D eigenvalue weighted by atomic mass is 16.6. The predicted octanol–water partition coefficient (Wildman–Crippen LogP) is 12.9. The van der Waals surface area contributed by atoms with Gasteiger partial charge in [-0.1, -0.05) is 151 Å². The molecule has 6 nitrogen and oxygen atoms in total. The number of hydrogen-bond donors (Lipinski definition) is 0. The molecule has 0 aromatic rings. The van der Waals surface area contributed by atoms with E-state index in [1.165, 1.54) is 12.8 Å². The molecule has 1 atom stereocenters. The number of ether oxygens (including phenoxy) is 3. The van der Waals surface area contributed by atoms with Gasteiger partial charge in [-0.3, -0.25) is 14.4 Å². The second kappa shape index (κ2) is 40.4. The third-order valence-electron chi connectivity index (χ3n) is 8.18. The summed E-state index contributed by atoms with van der Waals surface area (Å²) in [6.07, 6.45) is 50.1. The first-order valence-electron chi connectivity index (χ1n) is 20.6. The topological polar surface area (TPSA) is 78.9 Å². The monoisotopic (exact) mass is 723 g/mol. The van der Waals surface area contributed by atoms with Crippen molar-refractivity contribution >= 4 is 17.9 Å². The Hall–Kier alpha value is -3.41. The molecule has 6 heteroatoms. The van der Waals surface area contributed by atoms with Crippen LogP contribution < -0.4 is 0 Å². The Kier molecular flexibility index (Phi) is 37.7. The fourth-order valence-electron chi connectivity index (χ4n) is 5.09. The second-order valence-corrected chi connectivity index (χ2v) is 13.2. The van der Waals surface area contributed by atoms with Gasteiger partial charge in [-0.2, -0.15) is 0 Å². The summed E-state index contributed by atoms with van der Waals surface area (Å²) in [6, 6.07) is 0. The summed E-state index contributed by atoms with van der Waals surface area (Å²) in [5, 5.41) is 0. The average molecular weight is 723 g/mol. The number of carbonyl (C=O) groups is 3. The highest BCUT2D eigenvalue weighted by Gasteiger charge is 2.19. The van der Waals surface area contributed by atoms with Crippen LogP contribution in [0.3, 0.4) is 0 Å². The van der Waals surface area contributed by atoms with Crippen molar-refractivity contribution in [2.45, 2.75) is 175 Å². The van der Waals surface area contributed by atoms with E-state index in [0.717, 1.165) is 109 Å². The van der Waals surface area contributed by atoms with Crippen LogP contribution in [0.4, 0.5) is 0 Å². The van der Waals surface area contributed by atoms with Crippen molar-refractivity contribution in [3.63, 3.8) is 0 Å². The van der Waals surface area contributed by atoms with Crippen LogP contribution in [0.25, 0.3) is 0 Å². The molecule has 0 radical (unpaired) electrons. The molecule has 0 saturated heterocycles. The molecule has 0 fully saturated rings. The molecule has 0 aromatic heterocycles. The SMILES string of the molecule is CC\C=C/C=C\C=C/CCCCCCCC(=O)OCC(COC(=O)CCCCCC/C=C\CCCC)OC(=O)CCC/C=C\C/C=C\C/C=C\CC. The Labute approximate surface area is 318 Å². The molecule has 1 unspecified atom stereocenters. The normalized spacial score (nSPS) is 12.9. The van der Waals surface area contributed by atoms with Gasteiger partial charge in [0.05, 0.1) is 0 Å². The number of unbranched alkanes of at least 4 members (excludes halogenated alkanes) is 12. The van der Waals surface area contributed by atoms with Gasteiger partial charge in [0.25, 0.3) is 0 Å². The van der Waals surface area contributed by atoms with Crippen molar-refractivity contribution in [2.75, 3.05) is 13.2 Å². The average Bonchev–Trinajstić information content (AvgIpc) is 3.14. The summed E-state index contributed by atoms with van der Waals surface area (Å²) in [5.41, 5.74) is 0. The Balaban J connectivity index is 4.51. The summed E-state index contributed by atoms with van der Waals surface area (Å²) < 4.78 is 16.5. The third-order valence-corrected chi connectivity index (χ3v) is 8.18. The molecule has 0 amide bonds. The standard InChI is InChI=1S/C46H74O6/c1-4-7-10-13-16-19-22-23-25-27-30-33-36-39-45(48)51-42-43(41-50-44(47)38-35-32-29-26-21-18-15-12-9-6-3)52-46(49)40-37-34-31-28-24-20-17-14-11-8-5-2/h7-8,10-11,13,15-20,22,28,31,43H,4-6,9,12,14,21,23-27,29-30,32-42H2,1-3H3/b10-7-,11-8-,16-13-,18-15-,20-17-,22-19-,31-28-. The Bertz CT molecular complexity index is 1060. The Morgan fingerprint density at radius 2 is 0.865 bits per heavy atom. The van der Waals surface area contributed by atoms with Crippen molar-refractivity contribution in [1.82, 2.24) is 0 Å². The molecule has 0 aromatic carbocycles. The maximum atomic E-state index is 12.6. The van der Waals surface area contributed by atoms with Crippen LogP contribution in [0.1, 0.15) is 168 Å². The molecule has 0 heterocycles. The van der Waals surface area contributed by atoms with Gasteiger partial charge >= 0.3 is 17.9 Å². The minimum Gasteiger partial charge on any atom is -0.462 e. The fraction of sp³-hybridized carbons (Fsp3) is 0.630. The number of rotatable bonds is 35. The minimum absolute atomic E-state index is 0.111. The maximum absolute atomic E-state index is 12.6. The van der Waals surface area contributed by atoms with Gasteiger partial charge < -0.3 is 14.2 Å². The molecule has 0 saturated carbocycles. The minimum atomic E-state index is -0.812. The lowest BCUT2D eigenvalue weighted by Gasteiger charge is -2.18. The number of allylic oxidation sites excluding steroid dienone is 14. The van der Waals surface area contributed by atoms with E-state index in [4.69, 9.17) is 14.2 Å². The molecule has 0 bridgehead atoms. The van der Waals surface area contributed by atoms with E-state index in [-0.39, 0.29) is 37.5 Å². The zero-order valence-electron chi connectivity index (χ0n) is 33.3. The quantitative estimate of drug-likeness (QED) is 0.0213. The van der Waals surface area contributed by atoms with Gasteiger partial charge in [0.15, 0.2) is 6.10 Å². The maximum Gasteiger partial charge on any atom is 0.306 e. The van der Waals surface area contributed by atoms with Crippen LogP contribution in [0.15, 0.2) is 85.1 Å². The van der Waals surface area contributed by atoms with E-state index in [1.807, 2.05) is 6.08 Å². The lowest BCUT2D eigenvalue weighted by molar-refractivity contribution is -0.167. The number of carbonyl (C=O) groups excluding carboxylic acids is 3. The molecular formula is C46H74O6. The molecular weight excluding hydrogens is 648 g/mol. The van der Waals surface area contributed by atoms with Gasteiger partial charge in [-0.15, -0.1) is 0 Å². The lowest BCUT2D eigenvalue weighted by atomic mass is 10.1. The van der Waals surface area contributed by atoms with E-state index < -0.39 is 6.10 Å². The van der Waals surface area contributed by atoms with Crippen LogP contribution in [0, 0.1) is 0 Å². The number of hydrogen-bond acceptors (Lipinski definition) is 6. The van der Waals surface area contributed by atoms with Gasteiger partial charge in [0.2, 0.25) is 0 Å². The molecule has 52 heavy (non-hydrogen) atoms. The zero-order valence-corrected chi connectivity index (χ0v) is 33.3. The zero-order chi connectivity index (χ0) is 38.0. The first kappa shape index (κ1) is 48.6. The van der Waals surface area contributed by atoms with Gasteiger partial charge in [-0.25, -0.2) is 0 Å². The van der Waals surface area contributed by atoms with Gasteiger partial charge in [0.1, 0.15) is 13.2 Å². The fourth-order valence-corrected chi connectivity index (χ4v) is 5.09. The van der Waals surface area contributed by atoms with Crippen LogP contribution >= 0.6 is 0 Å². The Morgan fingerprint density at radius 1 is 0.423 bits per heavy atom. The molecule has 0 spiro atoms. The van der Waals surface area contributed by atoms with Crippen molar-refractivity contribution in [3.8, 4) is 0 Å². The summed E-state index contributed by atoms with van der Waals surface area (Å²) in [7, 11) is 0. The van der Waals surface area contributed by atoms with Crippen molar-refractivity contribution in [3.05, 3.63) is 85.1 Å². The largest absolute Gasteiger partial charge is 0.462 e. The molecule has 0 aliphatic carbocycles. The van der Waals surface area contributed by atoms with Gasteiger partial charge in [0, 0.05) is 19.3 Å². The highest BCUT2D eigenvalue weighted by molar-refractivity contribution is 5.71. The van der Waals surface area contributed by atoms with Crippen LogP contribution in [-0.4, -0.2) is 37.2 Å². The third kappa shape index (κ3) is 37.8. The van der Waals surface area contributed by atoms with Crippen LogP contribution in [0.5, 0.6) is 0 Å². The number of esters is 3. The molecule has 294 valence electrons. The molecule has 0 aliphatic rings. The van der Waals surface area contributed by atoms with E-state index in [2.05, 4.69) is 99.8 Å². The van der Waals surface area contributed by atoms with Crippen molar-refractivity contribution in [1.29, 1.82) is 0 Å². The van der Waals surface area contributed by atoms with E-state index in [9.17, 15) is 14.4 Å². The summed E-state index contributed by atoms with van der Waals surface area (Å²) in [6.45, 7) is 6.22. The summed E-state index contributed by atoms with van der Waals surface area (Å²) >= 11 is 0. The van der Waals surface area contributed by atoms with E-state index in [1.54, 1.807) is 0 Å². The van der Waals surface area contributed by atoms with Gasteiger partial charge in [-0.05, 0) is 83.5 Å². The van der Waals surface area contributed by atoms with E-state index in [0.29, 0.717) is 19.3 Å². The lowest BCUT2D eigenvalue weighted by Crippen LogP contribution is -2.30. The van der Waals surface area contributed by atoms with Crippen molar-refractivity contribution in [2.24, 2.45) is 0 Å². The summed E-state index contributed by atoms with van der Waals surface area (Å²) in [4.78, 5) is 37.5. The van der Waals surface area contributed by atoms with E-state index >= 15 is 0 Å². The first-order chi connectivity index (χ1) is 25.5. The Morgan fingerprint density at radius 3 is 1.46 bits per heavy atom. The smallest absolute Gasteiger partial charge is 0.306 e. The second-order valence-electron chi connectivity index (χ2n) is 13.2. The van der Waals surface area contributed by atoms with Crippen molar-refractivity contribution < 1.29 is 28.6 Å². The van der Waals surface area contributed by atoms with Crippen LogP contribution in [-0.2, 0) is 28.6 Å². The molecule has 0 N–H and O–H groups in total. The van der Waals surface area contributed by atoms with Crippen LogP contribution in [0.2, 0.25) is 0 Å². The predicted molar refractivity (Wildman–Crippen MR) is 219 cm³/mol.